The smallest absolute Gasteiger partial charge is 0.282 e. The summed E-state index contributed by atoms with van der Waals surface area (Å²) >= 11 is 0. The second kappa shape index (κ2) is 7.00. The highest BCUT2D eigenvalue weighted by atomic mass is 16.6. The maximum atomic E-state index is 12.2. The Morgan fingerprint density at radius 3 is 2.64 bits per heavy atom. The second-order valence-electron chi connectivity index (χ2n) is 5.27. The van der Waals surface area contributed by atoms with Gasteiger partial charge in [0.2, 0.25) is 0 Å². The van der Waals surface area contributed by atoms with Gasteiger partial charge in [0.25, 0.3) is 11.6 Å². The summed E-state index contributed by atoms with van der Waals surface area (Å²) in [4.78, 5) is 22.6. The van der Waals surface area contributed by atoms with Crippen molar-refractivity contribution < 1.29 is 19.2 Å². The first kappa shape index (κ1) is 16.4. The summed E-state index contributed by atoms with van der Waals surface area (Å²) < 4.78 is 11.0. The van der Waals surface area contributed by atoms with E-state index in [2.05, 4.69) is 10.5 Å². The minimum Gasteiger partial charge on any atom is -0.486 e. The third kappa shape index (κ3) is 3.57. The van der Waals surface area contributed by atoms with E-state index in [-0.39, 0.29) is 11.3 Å². The molecule has 0 aromatic heterocycles. The van der Waals surface area contributed by atoms with Crippen LogP contribution in [0.3, 0.4) is 0 Å². The number of ether oxygens (including phenoxy) is 2. The van der Waals surface area contributed by atoms with Crippen LogP contribution in [0, 0.1) is 10.1 Å². The Labute approximate surface area is 143 Å². The summed E-state index contributed by atoms with van der Waals surface area (Å²) in [5.41, 5.74) is 3.30. The molecule has 0 fully saturated rings. The van der Waals surface area contributed by atoms with Gasteiger partial charge >= 0.3 is 0 Å². The second-order valence-corrected chi connectivity index (χ2v) is 5.27. The zero-order chi connectivity index (χ0) is 17.8. The van der Waals surface area contributed by atoms with Gasteiger partial charge in [0, 0.05) is 11.6 Å². The average molecular weight is 341 g/mol. The van der Waals surface area contributed by atoms with E-state index < -0.39 is 10.8 Å². The molecule has 0 aliphatic carbocycles. The highest BCUT2D eigenvalue weighted by Crippen LogP contribution is 2.30. The van der Waals surface area contributed by atoms with Gasteiger partial charge in [-0.15, -0.1) is 0 Å². The van der Waals surface area contributed by atoms with E-state index in [4.69, 9.17) is 9.47 Å². The van der Waals surface area contributed by atoms with Crippen molar-refractivity contribution in [1.29, 1.82) is 0 Å². The molecule has 0 saturated carbocycles. The van der Waals surface area contributed by atoms with Gasteiger partial charge in [-0.1, -0.05) is 12.1 Å². The highest BCUT2D eigenvalue weighted by molar-refractivity contribution is 6.02. The van der Waals surface area contributed by atoms with Crippen LogP contribution in [0.2, 0.25) is 0 Å². The van der Waals surface area contributed by atoms with Gasteiger partial charge in [-0.25, -0.2) is 5.43 Å². The van der Waals surface area contributed by atoms with Crippen molar-refractivity contribution in [3.8, 4) is 11.5 Å². The Hall–Kier alpha value is -3.42. The van der Waals surface area contributed by atoms with Crippen LogP contribution in [0.15, 0.2) is 47.6 Å². The first-order chi connectivity index (χ1) is 12.1. The zero-order valence-electron chi connectivity index (χ0n) is 13.4. The number of para-hydroxylation sites is 1. The average Bonchev–Trinajstić information content (AvgIpc) is 2.65. The number of amides is 1. The zero-order valence-corrected chi connectivity index (χ0v) is 13.4. The lowest BCUT2D eigenvalue weighted by molar-refractivity contribution is -0.385. The molecule has 2 aromatic rings. The van der Waals surface area contributed by atoms with Crippen LogP contribution in [0.25, 0.3) is 0 Å². The molecule has 0 radical (unpaired) electrons. The summed E-state index contributed by atoms with van der Waals surface area (Å²) in [7, 11) is 0. The van der Waals surface area contributed by atoms with E-state index in [0.717, 1.165) is 5.56 Å². The van der Waals surface area contributed by atoms with Gasteiger partial charge in [-0.3, -0.25) is 14.9 Å². The van der Waals surface area contributed by atoms with Crippen molar-refractivity contribution in [3.63, 3.8) is 0 Å². The lowest BCUT2D eigenvalue weighted by Gasteiger charge is -2.18. The van der Waals surface area contributed by atoms with Crippen LogP contribution < -0.4 is 14.9 Å². The van der Waals surface area contributed by atoms with Crippen LogP contribution in [0.5, 0.6) is 11.5 Å². The molecule has 1 aliphatic rings. The Bertz CT molecular complexity index is 863. The number of nitrogens with one attached hydrogen (secondary N) is 1. The Morgan fingerprint density at radius 1 is 1.16 bits per heavy atom. The van der Waals surface area contributed by atoms with Crippen molar-refractivity contribution in [2.75, 3.05) is 13.2 Å². The van der Waals surface area contributed by atoms with Gasteiger partial charge in [-0.2, -0.15) is 5.10 Å². The molecule has 0 unspecified atom stereocenters. The Morgan fingerprint density at radius 2 is 1.88 bits per heavy atom. The molecule has 1 heterocycles. The molecule has 0 bridgehead atoms. The summed E-state index contributed by atoms with van der Waals surface area (Å²) in [5, 5.41) is 15.0. The minimum atomic E-state index is -0.649. The molecule has 1 aliphatic heterocycles. The molecule has 0 spiro atoms. The molecule has 25 heavy (non-hydrogen) atoms. The number of hydrogen-bond donors (Lipinski definition) is 1. The fourth-order valence-corrected chi connectivity index (χ4v) is 2.35. The number of hydrogen-bond acceptors (Lipinski definition) is 6. The number of nitro groups is 1. The molecule has 128 valence electrons. The maximum Gasteiger partial charge on any atom is 0.282 e. The van der Waals surface area contributed by atoms with E-state index in [1.54, 1.807) is 31.2 Å². The molecule has 2 aromatic carbocycles. The van der Waals surface area contributed by atoms with Gasteiger partial charge < -0.3 is 9.47 Å². The predicted octanol–water partition coefficient (Wildman–Crippen LogP) is 2.52. The van der Waals surface area contributed by atoms with Crippen LogP contribution in [0.1, 0.15) is 22.8 Å². The Balaban J connectivity index is 1.78. The SMILES string of the molecule is C/C(=N/NC(=O)c1ccccc1[N+](=O)[O-])c1ccc2c(c1)OCCO2. The highest BCUT2D eigenvalue weighted by Gasteiger charge is 2.19. The molecule has 0 atom stereocenters. The Kier molecular flexibility index (Phi) is 4.60. The predicted molar refractivity (Wildman–Crippen MR) is 90.2 cm³/mol. The molecular formula is C17H15N3O5. The molecule has 0 saturated heterocycles. The molecule has 1 amide bonds. The number of nitro benzene ring substituents is 1. The van der Waals surface area contributed by atoms with E-state index in [9.17, 15) is 14.9 Å². The lowest BCUT2D eigenvalue weighted by atomic mass is 10.1. The number of carbonyl (C=O) groups is 1. The normalized spacial score (nSPS) is 13.2. The standard InChI is InChI=1S/C17H15N3O5/c1-11(12-6-7-15-16(10-12)25-9-8-24-15)18-19-17(21)13-4-2-3-5-14(13)20(22)23/h2-7,10H,8-9H2,1H3,(H,19,21)/b18-11-. The maximum absolute atomic E-state index is 12.2. The van der Waals surface area contributed by atoms with Crippen LogP contribution >= 0.6 is 0 Å². The topological polar surface area (TPSA) is 103 Å². The van der Waals surface area contributed by atoms with Crippen molar-refractivity contribution in [3.05, 3.63) is 63.7 Å². The van der Waals surface area contributed by atoms with Crippen molar-refractivity contribution in [1.82, 2.24) is 5.43 Å². The monoisotopic (exact) mass is 341 g/mol. The number of hydrazone groups is 1. The molecule has 1 N–H and O–H groups in total. The third-order valence-electron chi connectivity index (χ3n) is 3.63. The van der Waals surface area contributed by atoms with E-state index in [1.165, 1.54) is 18.2 Å². The van der Waals surface area contributed by atoms with Crippen molar-refractivity contribution >= 4 is 17.3 Å². The first-order valence-electron chi connectivity index (χ1n) is 7.54. The fraction of sp³-hybridized carbons (Fsp3) is 0.176. The summed E-state index contributed by atoms with van der Waals surface area (Å²) in [6.07, 6.45) is 0. The van der Waals surface area contributed by atoms with Gasteiger partial charge in [0.1, 0.15) is 18.8 Å². The summed E-state index contributed by atoms with van der Waals surface area (Å²) in [6, 6.07) is 11.0. The number of fused-ring (bicyclic) bond motifs is 1. The first-order valence-corrected chi connectivity index (χ1v) is 7.54. The molecule has 8 heteroatoms. The van der Waals surface area contributed by atoms with Crippen LogP contribution in [-0.4, -0.2) is 29.8 Å². The van der Waals surface area contributed by atoms with E-state index in [1.807, 2.05) is 0 Å². The van der Waals surface area contributed by atoms with Crippen molar-refractivity contribution in [2.45, 2.75) is 6.92 Å². The van der Waals surface area contributed by atoms with Crippen molar-refractivity contribution in [2.24, 2.45) is 5.10 Å². The van der Waals surface area contributed by atoms with Gasteiger partial charge in [0.05, 0.1) is 10.6 Å². The van der Waals surface area contributed by atoms with Crippen LogP contribution in [0.4, 0.5) is 5.69 Å². The van der Waals surface area contributed by atoms with Gasteiger partial charge in [-0.05, 0) is 31.2 Å². The number of benzene rings is 2. The fourth-order valence-electron chi connectivity index (χ4n) is 2.35. The number of rotatable bonds is 4. The number of nitrogens with zero attached hydrogens (tertiary/aromatic N) is 2. The minimum absolute atomic E-state index is 0.0498. The molecule has 3 rings (SSSR count). The molecular weight excluding hydrogens is 326 g/mol. The number of carbonyl (C=O) groups excluding carboxylic acids is 1. The third-order valence-corrected chi connectivity index (χ3v) is 3.63. The lowest BCUT2D eigenvalue weighted by Crippen LogP contribution is -2.20. The molecule has 8 nitrogen and oxygen atoms in total. The van der Waals surface area contributed by atoms with Crippen LogP contribution in [-0.2, 0) is 0 Å². The van der Waals surface area contributed by atoms with E-state index >= 15 is 0 Å². The summed E-state index contributed by atoms with van der Waals surface area (Å²) in [6.45, 7) is 2.69. The quantitative estimate of drug-likeness (QED) is 0.523. The van der Waals surface area contributed by atoms with Gasteiger partial charge in [0.15, 0.2) is 11.5 Å². The largest absolute Gasteiger partial charge is 0.486 e. The summed E-state index contributed by atoms with van der Waals surface area (Å²) in [5.74, 6) is 0.624. The van der Waals surface area contributed by atoms with E-state index in [0.29, 0.717) is 30.4 Å².